The van der Waals surface area contributed by atoms with Crippen LogP contribution in [0.3, 0.4) is 0 Å². The quantitative estimate of drug-likeness (QED) is 0.597. The molecule has 0 unspecified atom stereocenters. The van der Waals surface area contributed by atoms with Crippen LogP contribution >= 0.6 is 0 Å². The number of hydrogen-bond acceptors (Lipinski definition) is 5. The summed E-state index contributed by atoms with van der Waals surface area (Å²) in [6.45, 7) is 1.43. The van der Waals surface area contributed by atoms with Gasteiger partial charge in [0.15, 0.2) is 0 Å². The molecule has 34 heavy (non-hydrogen) atoms. The van der Waals surface area contributed by atoms with Crippen molar-refractivity contribution >= 4 is 29.1 Å². The third-order valence-electron chi connectivity index (χ3n) is 5.77. The van der Waals surface area contributed by atoms with Crippen molar-refractivity contribution in [1.29, 1.82) is 0 Å². The summed E-state index contributed by atoms with van der Waals surface area (Å²) in [5.74, 6) is -1.15. The Kier molecular flexibility index (Phi) is 5.55. The lowest BCUT2D eigenvalue weighted by molar-refractivity contribution is -0.142. The molecule has 8 nitrogen and oxygen atoms in total. The molecule has 0 spiro atoms. The Bertz CT molecular complexity index is 1340. The number of carbonyl (C=O) groups is 3. The maximum atomic E-state index is 13.6. The number of benzene rings is 1. The van der Waals surface area contributed by atoms with Gasteiger partial charge in [0.2, 0.25) is 0 Å². The monoisotopic (exact) mass is 454 g/mol. The molecule has 2 aromatic heterocycles. The Morgan fingerprint density at radius 2 is 1.88 bits per heavy atom. The maximum Gasteiger partial charge on any atom is 0.303 e. The van der Waals surface area contributed by atoms with Crippen LogP contribution < -0.4 is 5.43 Å². The number of carbonyl (C=O) groups excluding carboxylic acids is 3. The normalized spacial score (nSPS) is 14.5. The lowest BCUT2D eigenvalue weighted by atomic mass is 9.96. The number of amides is 2. The Morgan fingerprint density at radius 3 is 2.62 bits per heavy atom. The van der Waals surface area contributed by atoms with Gasteiger partial charge in [0.1, 0.15) is 6.61 Å². The zero-order valence-corrected chi connectivity index (χ0v) is 18.5. The van der Waals surface area contributed by atoms with Crippen molar-refractivity contribution in [3.8, 4) is 0 Å². The third kappa shape index (κ3) is 3.90. The van der Waals surface area contributed by atoms with E-state index in [1.165, 1.54) is 24.3 Å². The van der Waals surface area contributed by atoms with Crippen LogP contribution in [0.4, 0.5) is 0 Å². The first-order valence-electron chi connectivity index (χ1n) is 10.9. The first-order chi connectivity index (χ1) is 16.5. The summed E-state index contributed by atoms with van der Waals surface area (Å²) in [7, 11) is 0. The second-order valence-electron chi connectivity index (χ2n) is 8.01. The SMILES string of the molecule is CC(=O)OCc1cc2c3n1C(c1ccccc1)=CN(NC(=O)c1ccncc1)C(=O)C3=CCC2. The predicted octanol–water partition coefficient (Wildman–Crippen LogP) is 3.31. The number of hydrogen-bond donors (Lipinski definition) is 1. The van der Waals surface area contributed by atoms with E-state index in [9.17, 15) is 14.4 Å². The van der Waals surface area contributed by atoms with Crippen LogP contribution in [0, 0.1) is 0 Å². The van der Waals surface area contributed by atoms with Crippen molar-refractivity contribution < 1.29 is 19.1 Å². The lowest BCUT2D eigenvalue weighted by Gasteiger charge is -2.21. The lowest BCUT2D eigenvalue weighted by Crippen LogP contribution is -2.42. The molecule has 3 heterocycles. The van der Waals surface area contributed by atoms with E-state index in [1.54, 1.807) is 18.3 Å². The summed E-state index contributed by atoms with van der Waals surface area (Å²) in [6, 6.07) is 14.7. The molecule has 8 heteroatoms. The number of hydrazine groups is 1. The number of pyridine rings is 1. The van der Waals surface area contributed by atoms with E-state index in [0.717, 1.165) is 28.9 Å². The first kappa shape index (κ1) is 21.4. The molecule has 2 aliphatic rings. The summed E-state index contributed by atoms with van der Waals surface area (Å²) in [5, 5.41) is 1.23. The molecule has 1 aromatic carbocycles. The third-order valence-corrected chi connectivity index (χ3v) is 5.77. The van der Waals surface area contributed by atoms with Gasteiger partial charge >= 0.3 is 5.97 Å². The van der Waals surface area contributed by atoms with Crippen LogP contribution in [0.5, 0.6) is 0 Å². The molecule has 1 aliphatic carbocycles. The zero-order valence-electron chi connectivity index (χ0n) is 18.5. The van der Waals surface area contributed by atoms with Crippen molar-refractivity contribution in [1.82, 2.24) is 20.0 Å². The standard InChI is InChI=1S/C26H22N4O4/c1-17(31)34-16-21-14-20-8-5-9-22-24(20)30(21)23(18-6-3-2-4-7-18)15-29(26(22)33)28-25(32)19-10-12-27-13-11-19/h2-4,6-7,9-15H,5,8,16H2,1H3,(H,28,32). The summed E-state index contributed by atoms with van der Waals surface area (Å²) >= 11 is 0. The van der Waals surface area contributed by atoms with E-state index in [2.05, 4.69) is 10.4 Å². The van der Waals surface area contributed by atoms with Crippen LogP contribution in [-0.4, -0.2) is 32.3 Å². The van der Waals surface area contributed by atoms with Gasteiger partial charge in [-0.15, -0.1) is 0 Å². The number of aromatic nitrogens is 2. The van der Waals surface area contributed by atoms with E-state index in [0.29, 0.717) is 23.3 Å². The van der Waals surface area contributed by atoms with E-state index < -0.39 is 5.91 Å². The number of ether oxygens (including phenoxy) is 1. The molecule has 1 aliphatic heterocycles. The molecule has 2 amide bonds. The number of allylic oxidation sites excluding steroid dienone is 1. The van der Waals surface area contributed by atoms with Crippen LogP contribution in [0.25, 0.3) is 11.3 Å². The average molecular weight is 454 g/mol. The van der Waals surface area contributed by atoms with Gasteiger partial charge in [-0.3, -0.25) is 24.8 Å². The van der Waals surface area contributed by atoms with Crippen LogP contribution in [0.15, 0.2) is 73.2 Å². The summed E-state index contributed by atoms with van der Waals surface area (Å²) in [6.07, 6.45) is 8.01. The number of aryl methyl sites for hydroxylation is 1. The smallest absolute Gasteiger partial charge is 0.303 e. The first-order valence-corrected chi connectivity index (χ1v) is 10.9. The molecular formula is C26H22N4O4. The van der Waals surface area contributed by atoms with Crippen molar-refractivity contribution in [2.24, 2.45) is 0 Å². The molecule has 0 atom stereocenters. The van der Waals surface area contributed by atoms with Gasteiger partial charge in [0, 0.05) is 30.4 Å². The van der Waals surface area contributed by atoms with E-state index in [-0.39, 0.29) is 18.5 Å². The number of nitrogens with zero attached hydrogens (tertiary/aromatic N) is 3. The summed E-state index contributed by atoms with van der Waals surface area (Å²) < 4.78 is 7.28. The predicted molar refractivity (Wildman–Crippen MR) is 125 cm³/mol. The minimum atomic E-state index is -0.428. The van der Waals surface area contributed by atoms with Crippen LogP contribution in [-0.2, 0) is 27.4 Å². The highest BCUT2D eigenvalue weighted by Crippen LogP contribution is 2.37. The average Bonchev–Trinajstić information content (AvgIpc) is 3.18. The Labute approximate surface area is 196 Å². The molecule has 0 fully saturated rings. The van der Waals surface area contributed by atoms with Gasteiger partial charge in [-0.2, -0.15) is 0 Å². The maximum absolute atomic E-state index is 13.6. The van der Waals surface area contributed by atoms with E-state index >= 15 is 0 Å². The Hall–Kier alpha value is -4.46. The second-order valence-corrected chi connectivity index (χ2v) is 8.01. The molecule has 3 aromatic rings. The fourth-order valence-corrected chi connectivity index (χ4v) is 4.26. The van der Waals surface area contributed by atoms with Gasteiger partial charge in [-0.05, 0) is 36.6 Å². The van der Waals surface area contributed by atoms with Gasteiger partial charge in [-0.25, -0.2) is 5.01 Å². The largest absolute Gasteiger partial charge is 0.459 e. The molecule has 0 bridgehead atoms. The highest BCUT2D eigenvalue weighted by molar-refractivity contribution is 6.21. The number of esters is 1. The van der Waals surface area contributed by atoms with Gasteiger partial charge in [-0.1, -0.05) is 36.4 Å². The van der Waals surface area contributed by atoms with Crippen molar-refractivity contribution in [2.45, 2.75) is 26.4 Å². The van der Waals surface area contributed by atoms with Gasteiger partial charge in [0.05, 0.1) is 28.9 Å². The second kappa shape index (κ2) is 8.82. The summed E-state index contributed by atoms with van der Waals surface area (Å²) in [4.78, 5) is 42.0. The van der Waals surface area contributed by atoms with E-state index in [4.69, 9.17) is 4.74 Å². The molecule has 170 valence electrons. The Morgan fingerprint density at radius 1 is 1.12 bits per heavy atom. The fourth-order valence-electron chi connectivity index (χ4n) is 4.26. The Balaban J connectivity index is 1.66. The molecule has 5 rings (SSSR count). The van der Waals surface area contributed by atoms with E-state index in [1.807, 2.05) is 47.0 Å². The number of nitrogens with one attached hydrogen (secondary N) is 1. The topological polar surface area (TPSA) is 93.5 Å². The van der Waals surface area contributed by atoms with Gasteiger partial charge in [0.25, 0.3) is 11.8 Å². The van der Waals surface area contributed by atoms with Crippen LogP contribution in [0.2, 0.25) is 0 Å². The minimum absolute atomic E-state index is 0.0668. The minimum Gasteiger partial charge on any atom is -0.459 e. The zero-order chi connectivity index (χ0) is 23.7. The number of rotatable bonds is 5. The molecular weight excluding hydrogens is 432 g/mol. The molecule has 0 saturated carbocycles. The van der Waals surface area contributed by atoms with Crippen molar-refractivity contribution in [3.05, 3.63) is 101 Å². The van der Waals surface area contributed by atoms with Crippen LogP contribution in [0.1, 0.15) is 46.2 Å². The molecule has 0 radical (unpaired) electrons. The highest BCUT2D eigenvalue weighted by Gasteiger charge is 2.33. The summed E-state index contributed by atoms with van der Waals surface area (Å²) in [5.41, 5.74) is 7.63. The fraction of sp³-hybridized carbons (Fsp3) is 0.154. The molecule has 0 saturated heterocycles. The van der Waals surface area contributed by atoms with Crippen molar-refractivity contribution in [3.63, 3.8) is 0 Å². The highest BCUT2D eigenvalue weighted by atomic mass is 16.5. The molecule has 1 N–H and O–H groups in total. The van der Waals surface area contributed by atoms with Gasteiger partial charge < -0.3 is 9.30 Å². The van der Waals surface area contributed by atoms with Crippen molar-refractivity contribution in [2.75, 3.05) is 0 Å².